The minimum absolute atomic E-state index is 0.0950. The molecular weight excluding hydrogens is 206 g/mol. The third-order valence-corrected chi connectivity index (χ3v) is 2.75. The molecular formula is C11H21N3O2. The molecule has 5 heteroatoms. The summed E-state index contributed by atoms with van der Waals surface area (Å²) in [7, 11) is 5.51. The Morgan fingerprint density at radius 2 is 2.00 bits per heavy atom. The minimum atomic E-state index is 0.0950. The van der Waals surface area contributed by atoms with E-state index in [1.54, 1.807) is 18.2 Å². The van der Waals surface area contributed by atoms with Crippen molar-refractivity contribution in [3.63, 3.8) is 0 Å². The van der Waals surface area contributed by atoms with Crippen molar-refractivity contribution in [2.24, 2.45) is 0 Å². The number of amides is 1. The lowest BCUT2D eigenvalue weighted by Gasteiger charge is -2.31. The van der Waals surface area contributed by atoms with Crippen LogP contribution >= 0.6 is 0 Å². The van der Waals surface area contributed by atoms with Gasteiger partial charge in [0.2, 0.25) is 5.91 Å². The number of carbonyl (C=O) groups is 1. The van der Waals surface area contributed by atoms with Crippen molar-refractivity contribution < 1.29 is 9.63 Å². The quantitative estimate of drug-likeness (QED) is 0.493. The molecule has 1 amide bonds. The van der Waals surface area contributed by atoms with Crippen molar-refractivity contribution in [1.82, 2.24) is 14.9 Å². The Hall–Kier alpha value is -0.910. The van der Waals surface area contributed by atoms with Gasteiger partial charge in [-0.15, -0.1) is 0 Å². The highest BCUT2D eigenvalue weighted by Gasteiger charge is 2.16. The van der Waals surface area contributed by atoms with Gasteiger partial charge in [-0.2, -0.15) is 5.06 Å². The van der Waals surface area contributed by atoms with Gasteiger partial charge in [0.05, 0.1) is 7.11 Å². The van der Waals surface area contributed by atoms with Gasteiger partial charge >= 0.3 is 0 Å². The largest absolute Gasteiger partial charge is 0.337 e. The van der Waals surface area contributed by atoms with E-state index in [-0.39, 0.29) is 5.91 Å². The lowest BCUT2D eigenvalue weighted by atomic mass is 10.3. The first-order chi connectivity index (χ1) is 7.63. The van der Waals surface area contributed by atoms with Gasteiger partial charge in [0.15, 0.2) is 0 Å². The predicted molar refractivity (Wildman–Crippen MR) is 62.9 cm³/mol. The maximum atomic E-state index is 11.7. The predicted octanol–water partition coefficient (Wildman–Crippen LogP) is -0.190. The molecule has 0 bridgehead atoms. The molecule has 1 fully saturated rings. The number of hydrogen-bond acceptors (Lipinski definition) is 4. The standard InChI is InChI=1S/C11H21N3O2/c1-12-7-9-14(10-8-12)11(15)5-4-6-13(2)16-3/h4-5H,6-10H2,1-3H3/b5-4+. The van der Waals surface area contributed by atoms with Crippen LogP contribution in [0.1, 0.15) is 0 Å². The van der Waals surface area contributed by atoms with E-state index in [4.69, 9.17) is 4.84 Å². The van der Waals surface area contributed by atoms with Crippen LogP contribution in [0.3, 0.4) is 0 Å². The van der Waals surface area contributed by atoms with Gasteiger partial charge in [-0.25, -0.2) is 0 Å². The molecule has 1 heterocycles. The first-order valence-corrected chi connectivity index (χ1v) is 5.52. The summed E-state index contributed by atoms with van der Waals surface area (Å²) in [5.74, 6) is 0.0950. The van der Waals surface area contributed by atoms with Crippen LogP contribution in [-0.2, 0) is 9.63 Å². The topological polar surface area (TPSA) is 36.0 Å². The molecule has 0 aliphatic carbocycles. The highest BCUT2D eigenvalue weighted by atomic mass is 16.7. The first-order valence-electron chi connectivity index (χ1n) is 5.52. The molecule has 1 aliphatic heterocycles. The van der Waals surface area contributed by atoms with Crippen LogP contribution in [0.2, 0.25) is 0 Å². The number of likely N-dealkylation sites (N-methyl/N-ethyl adjacent to an activating group) is 2. The molecule has 5 nitrogen and oxygen atoms in total. The zero-order chi connectivity index (χ0) is 12.0. The van der Waals surface area contributed by atoms with Gasteiger partial charge in [0.25, 0.3) is 0 Å². The van der Waals surface area contributed by atoms with Gasteiger partial charge in [-0.05, 0) is 7.05 Å². The Morgan fingerprint density at radius 1 is 1.38 bits per heavy atom. The van der Waals surface area contributed by atoms with Crippen LogP contribution in [-0.4, -0.2) is 74.7 Å². The van der Waals surface area contributed by atoms with Gasteiger partial charge in [0, 0.05) is 45.8 Å². The zero-order valence-corrected chi connectivity index (χ0v) is 10.3. The molecule has 1 aliphatic rings. The molecule has 0 spiro atoms. The highest BCUT2D eigenvalue weighted by molar-refractivity contribution is 5.87. The fraction of sp³-hybridized carbons (Fsp3) is 0.727. The average molecular weight is 227 g/mol. The monoisotopic (exact) mass is 227 g/mol. The Labute approximate surface area is 97.2 Å². The molecule has 0 unspecified atom stereocenters. The molecule has 0 radical (unpaired) electrons. The molecule has 0 atom stereocenters. The van der Waals surface area contributed by atoms with E-state index >= 15 is 0 Å². The second-order valence-corrected chi connectivity index (χ2v) is 4.02. The Morgan fingerprint density at radius 3 is 2.56 bits per heavy atom. The summed E-state index contributed by atoms with van der Waals surface area (Å²) in [6.07, 6.45) is 3.45. The van der Waals surface area contributed by atoms with Crippen LogP contribution in [0.15, 0.2) is 12.2 Å². The van der Waals surface area contributed by atoms with Crippen LogP contribution in [0.25, 0.3) is 0 Å². The number of piperazine rings is 1. The Kier molecular flexibility index (Phi) is 5.45. The second kappa shape index (κ2) is 6.62. The summed E-state index contributed by atoms with van der Waals surface area (Å²) in [6.45, 7) is 4.17. The lowest BCUT2D eigenvalue weighted by molar-refractivity contribution is -0.127. The summed E-state index contributed by atoms with van der Waals surface area (Å²) in [4.78, 5) is 20.8. The lowest BCUT2D eigenvalue weighted by Crippen LogP contribution is -2.46. The maximum absolute atomic E-state index is 11.7. The smallest absolute Gasteiger partial charge is 0.246 e. The molecule has 92 valence electrons. The molecule has 1 saturated heterocycles. The second-order valence-electron chi connectivity index (χ2n) is 4.02. The minimum Gasteiger partial charge on any atom is -0.337 e. The molecule has 0 N–H and O–H groups in total. The van der Waals surface area contributed by atoms with E-state index in [9.17, 15) is 4.79 Å². The average Bonchev–Trinajstić information content (AvgIpc) is 2.29. The maximum Gasteiger partial charge on any atom is 0.246 e. The summed E-state index contributed by atoms with van der Waals surface area (Å²) in [5.41, 5.74) is 0. The van der Waals surface area contributed by atoms with Gasteiger partial charge in [-0.3, -0.25) is 4.79 Å². The van der Waals surface area contributed by atoms with Crippen LogP contribution in [0.4, 0.5) is 0 Å². The van der Waals surface area contributed by atoms with Crippen molar-refractivity contribution in [2.45, 2.75) is 0 Å². The third kappa shape index (κ3) is 4.30. The van der Waals surface area contributed by atoms with E-state index in [0.717, 1.165) is 26.2 Å². The van der Waals surface area contributed by atoms with Gasteiger partial charge in [0.1, 0.15) is 0 Å². The number of nitrogens with zero attached hydrogens (tertiary/aromatic N) is 3. The zero-order valence-electron chi connectivity index (χ0n) is 10.3. The fourth-order valence-electron chi connectivity index (χ4n) is 1.51. The molecule has 0 aromatic heterocycles. The first kappa shape index (κ1) is 13.2. The van der Waals surface area contributed by atoms with E-state index in [2.05, 4.69) is 11.9 Å². The van der Waals surface area contributed by atoms with E-state index in [1.165, 1.54) is 0 Å². The van der Waals surface area contributed by atoms with E-state index in [0.29, 0.717) is 6.54 Å². The van der Waals surface area contributed by atoms with Crippen molar-refractivity contribution in [3.05, 3.63) is 12.2 Å². The third-order valence-electron chi connectivity index (χ3n) is 2.75. The summed E-state index contributed by atoms with van der Waals surface area (Å²) in [6, 6.07) is 0. The summed E-state index contributed by atoms with van der Waals surface area (Å²) in [5, 5.41) is 1.66. The van der Waals surface area contributed by atoms with Gasteiger partial charge < -0.3 is 14.6 Å². The molecule has 0 aromatic rings. The molecule has 1 rings (SSSR count). The number of hydrogen-bond donors (Lipinski definition) is 0. The molecule has 0 saturated carbocycles. The van der Waals surface area contributed by atoms with Crippen molar-refractivity contribution >= 4 is 5.91 Å². The van der Waals surface area contributed by atoms with Crippen molar-refractivity contribution in [2.75, 3.05) is 53.9 Å². The summed E-state index contributed by atoms with van der Waals surface area (Å²) < 4.78 is 0. The van der Waals surface area contributed by atoms with Crippen LogP contribution in [0.5, 0.6) is 0 Å². The van der Waals surface area contributed by atoms with E-state index < -0.39 is 0 Å². The van der Waals surface area contributed by atoms with Crippen molar-refractivity contribution in [1.29, 1.82) is 0 Å². The normalized spacial score (nSPS) is 18.6. The van der Waals surface area contributed by atoms with Crippen LogP contribution in [0, 0.1) is 0 Å². The van der Waals surface area contributed by atoms with Crippen molar-refractivity contribution in [3.8, 4) is 0 Å². The number of rotatable bonds is 4. The summed E-state index contributed by atoms with van der Waals surface area (Å²) >= 11 is 0. The highest BCUT2D eigenvalue weighted by Crippen LogP contribution is 2.00. The Bertz CT molecular complexity index is 248. The van der Waals surface area contributed by atoms with E-state index in [1.807, 2.05) is 18.0 Å². The van der Waals surface area contributed by atoms with Crippen LogP contribution < -0.4 is 0 Å². The number of hydroxylamine groups is 2. The molecule has 16 heavy (non-hydrogen) atoms. The fourth-order valence-corrected chi connectivity index (χ4v) is 1.51. The molecule has 0 aromatic carbocycles. The Balaban J connectivity index is 2.29. The van der Waals surface area contributed by atoms with Gasteiger partial charge in [-0.1, -0.05) is 6.08 Å². The number of carbonyl (C=O) groups excluding carboxylic acids is 1. The SMILES string of the molecule is CON(C)C/C=C/C(=O)N1CCN(C)CC1.